The first kappa shape index (κ1) is 14.3. The molecular weight excluding hydrogens is 316 g/mol. The Morgan fingerprint density at radius 3 is 2.96 bits per heavy atom. The van der Waals surface area contributed by atoms with Crippen molar-refractivity contribution < 1.29 is 14.3 Å². The summed E-state index contributed by atoms with van der Waals surface area (Å²) in [5.41, 5.74) is 4.12. The second-order valence-corrected chi connectivity index (χ2v) is 8.16. The zero-order valence-electron chi connectivity index (χ0n) is 14.5. The summed E-state index contributed by atoms with van der Waals surface area (Å²) in [5.74, 6) is -0.0696. The van der Waals surface area contributed by atoms with Gasteiger partial charge < -0.3 is 14.8 Å². The fourth-order valence-corrected chi connectivity index (χ4v) is 6.34. The molecule has 2 spiro atoms. The highest BCUT2D eigenvalue weighted by Gasteiger charge is 2.72. The van der Waals surface area contributed by atoms with E-state index in [-0.39, 0.29) is 29.0 Å². The van der Waals surface area contributed by atoms with Gasteiger partial charge in [0.2, 0.25) is 0 Å². The first-order valence-corrected chi connectivity index (χ1v) is 9.23. The standard InChI is InChI=1S/C20H22N2O3/c1-11-20(25-11)10-22-8-7-19-12-5-3-4-6-14(12)21-17(19)16(18(23)24-2)13(20)9-15(19)22/h3-6,11,13,15,21H,7-10H2,1-2H3/t11-,13-,15+,19-,20-/m0/s1. The van der Waals surface area contributed by atoms with Gasteiger partial charge in [0.1, 0.15) is 5.60 Å². The predicted molar refractivity (Wildman–Crippen MR) is 92.1 cm³/mol. The molecule has 0 aromatic heterocycles. The van der Waals surface area contributed by atoms with Gasteiger partial charge in [-0.3, -0.25) is 4.90 Å². The van der Waals surface area contributed by atoms with Crippen molar-refractivity contribution in [2.75, 3.05) is 25.5 Å². The third-order valence-electron chi connectivity index (χ3n) is 7.47. The van der Waals surface area contributed by atoms with Crippen LogP contribution in [0.25, 0.3) is 0 Å². The minimum absolute atomic E-state index is 0.0869. The number of esters is 1. The van der Waals surface area contributed by atoms with Gasteiger partial charge in [0, 0.05) is 29.9 Å². The molecule has 4 aliphatic heterocycles. The number of epoxide rings is 1. The number of para-hydroxylation sites is 1. The van der Waals surface area contributed by atoms with Crippen molar-refractivity contribution in [3.63, 3.8) is 0 Å². The van der Waals surface area contributed by atoms with Gasteiger partial charge in [0.05, 0.1) is 24.2 Å². The van der Waals surface area contributed by atoms with Crippen LogP contribution in [0.15, 0.2) is 35.5 Å². The summed E-state index contributed by atoms with van der Waals surface area (Å²) < 4.78 is 11.4. The van der Waals surface area contributed by atoms with Gasteiger partial charge >= 0.3 is 5.97 Å². The molecule has 5 heteroatoms. The number of piperidine rings is 1. The molecule has 0 radical (unpaired) electrons. The van der Waals surface area contributed by atoms with Crippen LogP contribution in [0.3, 0.4) is 0 Å². The van der Waals surface area contributed by atoms with Gasteiger partial charge in [-0.15, -0.1) is 0 Å². The van der Waals surface area contributed by atoms with Crippen LogP contribution in [0.2, 0.25) is 0 Å². The molecule has 5 atom stereocenters. The van der Waals surface area contributed by atoms with Crippen LogP contribution in [0.5, 0.6) is 0 Å². The van der Waals surface area contributed by atoms with Crippen molar-refractivity contribution in [3.05, 3.63) is 41.1 Å². The summed E-state index contributed by atoms with van der Waals surface area (Å²) in [6.45, 7) is 4.12. The normalized spacial score (nSPS) is 42.9. The van der Waals surface area contributed by atoms with E-state index < -0.39 is 0 Å². The molecule has 5 aliphatic rings. The molecule has 6 rings (SSSR count). The van der Waals surface area contributed by atoms with Crippen LogP contribution in [-0.4, -0.2) is 48.8 Å². The highest BCUT2D eigenvalue weighted by molar-refractivity contribution is 5.94. The molecule has 0 saturated carbocycles. The number of anilines is 1. The second-order valence-electron chi connectivity index (χ2n) is 8.16. The van der Waals surface area contributed by atoms with Crippen LogP contribution in [0.1, 0.15) is 25.3 Å². The van der Waals surface area contributed by atoms with Crippen LogP contribution < -0.4 is 5.32 Å². The highest BCUT2D eigenvalue weighted by Crippen LogP contribution is 2.65. The van der Waals surface area contributed by atoms with Gasteiger partial charge in [-0.1, -0.05) is 18.2 Å². The van der Waals surface area contributed by atoms with E-state index in [4.69, 9.17) is 9.47 Å². The van der Waals surface area contributed by atoms with Crippen molar-refractivity contribution in [1.29, 1.82) is 0 Å². The molecule has 1 N–H and O–H groups in total. The fraction of sp³-hybridized carbons (Fsp3) is 0.550. The summed E-state index contributed by atoms with van der Waals surface area (Å²) in [6.07, 6.45) is 2.23. The molecule has 3 saturated heterocycles. The van der Waals surface area contributed by atoms with Crippen LogP contribution in [-0.2, 0) is 19.7 Å². The topological polar surface area (TPSA) is 54.1 Å². The molecule has 1 aromatic rings. The number of rotatable bonds is 1. The Balaban J connectivity index is 1.65. The van der Waals surface area contributed by atoms with Crippen molar-refractivity contribution >= 4 is 11.7 Å². The molecule has 0 unspecified atom stereocenters. The van der Waals surface area contributed by atoms with Crippen molar-refractivity contribution in [1.82, 2.24) is 4.90 Å². The quantitative estimate of drug-likeness (QED) is 0.627. The van der Waals surface area contributed by atoms with E-state index >= 15 is 0 Å². The fourth-order valence-electron chi connectivity index (χ4n) is 6.34. The number of benzene rings is 1. The molecule has 2 bridgehead atoms. The summed E-state index contributed by atoms with van der Waals surface area (Å²) in [6, 6.07) is 8.97. The monoisotopic (exact) mass is 338 g/mol. The number of hydrogen-bond donors (Lipinski definition) is 1. The Morgan fingerprint density at radius 1 is 1.40 bits per heavy atom. The first-order chi connectivity index (χ1) is 12.1. The molecule has 0 amide bonds. The summed E-state index contributed by atoms with van der Waals surface area (Å²) in [5, 5.41) is 3.63. The molecule has 25 heavy (non-hydrogen) atoms. The van der Waals surface area contributed by atoms with E-state index in [1.54, 1.807) is 0 Å². The maximum Gasteiger partial charge on any atom is 0.335 e. The lowest BCUT2D eigenvalue weighted by molar-refractivity contribution is -0.138. The molecule has 4 heterocycles. The van der Waals surface area contributed by atoms with Gasteiger partial charge in [-0.2, -0.15) is 0 Å². The summed E-state index contributed by atoms with van der Waals surface area (Å²) in [7, 11) is 1.49. The van der Waals surface area contributed by atoms with Crippen molar-refractivity contribution in [3.8, 4) is 0 Å². The Morgan fingerprint density at radius 2 is 2.20 bits per heavy atom. The Labute approximate surface area is 147 Å². The van der Waals surface area contributed by atoms with E-state index in [0.717, 1.165) is 42.9 Å². The lowest BCUT2D eigenvalue weighted by atomic mass is 9.60. The van der Waals surface area contributed by atoms with E-state index in [1.807, 2.05) is 0 Å². The average Bonchev–Trinajstić information content (AvgIpc) is 2.98. The number of fused-ring (bicyclic) bond motifs is 3. The molecule has 1 aromatic carbocycles. The van der Waals surface area contributed by atoms with Gasteiger partial charge in [-0.05, 0) is 37.9 Å². The number of carbonyl (C=O) groups is 1. The second kappa shape index (κ2) is 4.27. The molecule has 3 fully saturated rings. The molecule has 130 valence electrons. The summed E-state index contributed by atoms with van der Waals surface area (Å²) in [4.78, 5) is 15.5. The molecular formula is C20H22N2O3. The maximum atomic E-state index is 12.9. The van der Waals surface area contributed by atoms with E-state index in [2.05, 4.69) is 41.4 Å². The Kier molecular flexibility index (Phi) is 2.45. The smallest absolute Gasteiger partial charge is 0.335 e. The number of nitrogens with zero attached hydrogens (tertiary/aromatic N) is 1. The van der Waals surface area contributed by atoms with Gasteiger partial charge in [0.25, 0.3) is 0 Å². The van der Waals surface area contributed by atoms with Gasteiger partial charge in [0.15, 0.2) is 0 Å². The number of hydrogen-bond acceptors (Lipinski definition) is 5. The van der Waals surface area contributed by atoms with Gasteiger partial charge in [-0.25, -0.2) is 4.79 Å². The van der Waals surface area contributed by atoms with Crippen molar-refractivity contribution in [2.45, 2.75) is 42.9 Å². The number of carbonyl (C=O) groups excluding carboxylic acids is 1. The lowest BCUT2D eigenvalue weighted by Crippen LogP contribution is -2.59. The zero-order valence-corrected chi connectivity index (χ0v) is 14.5. The van der Waals surface area contributed by atoms with E-state index in [0.29, 0.717) is 6.04 Å². The highest BCUT2D eigenvalue weighted by atomic mass is 16.6. The van der Waals surface area contributed by atoms with Crippen LogP contribution in [0.4, 0.5) is 5.69 Å². The first-order valence-electron chi connectivity index (χ1n) is 9.23. The minimum atomic E-state index is -0.208. The molecule has 1 aliphatic carbocycles. The minimum Gasteiger partial charge on any atom is -0.466 e. The van der Waals surface area contributed by atoms with Crippen LogP contribution in [0, 0.1) is 5.92 Å². The number of methoxy groups -OCH3 is 1. The van der Waals surface area contributed by atoms with Crippen molar-refractivity contribution in [2.24, 2.45) is 5.92 Å². The van der Waals surface area contributed by atoms with Crippen LogP contribution >= 0.6 is 0 Å². The zero-order chi connectivity index (χ0) is 17.0. The van der Waals surface area contributed by atoms with E-state index in [9.17, 15) is 4.79 Å². The third kappa shape index (κ3) is 1.44. The lowest BCUT2D eigenvalue weighted by Gasteiger charge is -2.50. The Hall–Kier alpha value is -1.85. The largest absolute Gasteiger partial charge is 0.466 e. The molecule has 5 nitrogen and oxygen atoms in total. The van der Waals surface area contributed by atoms with E-state index in [1.165, 1.54) is 12.7 Å². The summed E-state index contributed by atoms with van der Waals surface area (Å²) >= 11 is 0. The maximum absolute atomic E-state index is 12.9. The predicted octanol–water partition coefficient (Wildman–Crippen LogP) is 2.04. The SMILES string of the molecule is COC(=O)C1=C2Nc3ccccc3[C@]23CCN2C[C@@]4(O[C@H]4C)[C@H]1C[C@@H]23. The number of ether oxygens (including phenoxy) is 2. The number of nitrogens with one attached hydrogen (secondary N) is 1. The average molecular weight is 338 g/mol. The third-order valence-corrected chi connectivity index (χ3v) is 7.47. The Bertz CT molecular complexity index is 849.